The fourth-order valence-corrected chi connectivity index (χ4v) is 2.34. The summed E-state index contributed by atoms with van der Waals surface area (Å²) in [6.45, 7) is 0. The lowest BCUT2D eigenvalue weighted by molar-refractivity contribution is -0.110. The minimum atomic E-state index is 0.110. The second-order valence-corrected chi connectivity index (χ2v) is 4.60. The maximum atomic E-state index is 11.5. The normalized spacial score (nSPS) is 14.5. The second kappa shape index (κ2) is 5.54. The Bertz CT molecular complexity index is 692. The lowest BCUT2D eigenvalue weighted by Crippen LogP contribution is -2.00. The molecule has 0 atom stereocenters. The Morgan fingerprint density at radius 2 is 1.35 bits per heavy atom. The largest absolute Gasteiger partial charge is 0.289 e. The molecule has 0 bridgehead atoms. The van der Waals surface area contributed by atoms with Crippen LogP contribution in [0.25, 0.3) is 11.6 Å². The molecule has 0 aliphatic heterocycles. The van der Waals surface area contributed by atoms with Crippen molar-refractivity contribution in [1.82, 2.24) is 0 Å². The monoisotopic (exact) mass is 258 g/mol. The number of fused-ring (bicyclic) bond motifs is 3. The van der Waals surface area contributed by atoms with Crippen molar-refractivity contribution in [3.05, 3.63) is 95.6 Å². The number of ketones is 1. The molecule has 1 nitrogen and oxygen atoms in total. The first-order chi connectivity index (χ1) is 9.86. The highest BCUT2D eigenvalue weighted by Gasteiger charge is 2.23. The third kappa shape index (κ3) is 2.39. The molecule has 0 heterocycles. The number of allylic oxidation sites excluding steroid dienone is 5. The summed E-state index contributed by atoms with van der Waals surface area (Å²) in [4.78, 5) is 11.5. The molecule has 20 heavy (non-hydrogen) atoms. The predicted molar refractivity (Wildman–Crippen MR) is 83.0 cm³/mol. The Morgan fingerprint density at radius 3 is 2.05 bits per heavy atom. The summed E-state index contributed by atoms with van der Waals surface area (Å²) in [6, 6.07) is 20.1. The summed E-state index contributed by atoms with van der Waals surface area (Å²) in [5.74, 6) is 0.110. The number of hydrogen-bond donors (Lipinski definition) is 0. The van der Waals surface area contributed by atoms with Crippen molar-refractivity contribution in [3.8, 4) is 0 Å². The molecule has 4 rings (SSSR count). The molecule has 2 aliphatic carbocycles. The molecule has 0 saturated heterocycles. The van der Waals surface area contributed by atoms with Crippen molar-refractivity contribution in [2.75, 3.05) is 0 Å². The Hall–Kier alpha value is -2.67. The Kier molecular flexibility index (Phi) is 3.42. The van der Waals surface area contributed by atoms with Crippen LogP contribution >= 0.6 is 0 Å². The Morgan fingerprint density at radius 1 is 0.700 bits per heavy atom. The number of rotatable bonds is 0. The second-order valence-electron chi connectivity index (χ2n) is 4.60. The summed E-state index contributed by atoms with van der Waals surface area (Å²) in [7, 11) is 0. The van der Waals surface area contributed by atoms with Crippen LogP contribution in [-0.2, 0) is 4.79 Å². The van der Waals surface area contributed by atoms with E-state index in [0.29, 0.717) is 0 Å². The van der Waals surface area contributed by atoms with Gasteiger partial charge in [-0.25, -0.2) is 0 Å². The van der Waals surface area contributed by atoms with Gasteiger partial charge in [-0.05, 0) is 28.9 Å². The zero-order valence-corrected chi connectivity index (χ0v) is 11.0. The van der Waals surface area contributed by atoms with Gasteiger partial charge in [0.05, 0.1) is 0 Å². The van der Waals surface area contributed by atoms with Crippen molar-refractivity contribution >= 4 is 17.4 Å². The SMILES string of the molecule is O=C1C=CC=C2C1=Cc1ccccc12.c1ccccc1. The van der Waals surface area contributed by atoms with Crippen LogP contribution in [0.5, 0.6) is 0 Å². The molecule has 0 saturated carbocycles. The molecule has 0 amide bonds. The van der Waals surface area contributed by atoms with Crippen LogP contribution in [0.15, 0.2) is 84.5 Å². The predicted octanol–water partition coefficient (Wildman–Crippen LogP) is 4.29. The van der Waals surface area contributed by atoms with Gasteiger partial charge in [-0.1, -0.05) is 72.8 Å². The smallest absolute Gasteiger partial charge is 0.186 e. The van der Waals surface area contributed by atoms with Crippen molar-refractivity contribution < 1.29 is 4.79 Å². The zero-order valence-electron chi connectivity index (χ0n) is 11.0. The third-order valence-electron chi connectivity index (χ3n) is 3.28. The van der Waals surface area contributed by atoms with Gasteiger partial charge in [-0.15, -0.1) is 0 Å². The van der Waals surface area contributed by atoms with Crippen molar-refractivity contribution in [2.24, 2.45) is 0 Å². The number of carbonyl (C=O) groups is 1. The molecule has 0 unspecified atom stereocenters. The van der Waals surface area contributed by atoms with Crippen LogP contribution < -0.4 is 0 Å². The molecule has 0 fully saturated rings. The first kappa shape index (κ1) is 12.4. The van der Waals surface area contributed by atoms with E-state index in [4.69, 9.17) is 0 Å². The molecule has 2 aromatic carbocycles. The fraction of sp³-hybridized carbons (Fsp3) is 0. The fourth-order valence-electron chi connectivity index (χ4n) is 2.34. The van der Waals surface area contributed by atoms with Gasteiger partial charge in [-0.3, -0.25) is 4.79 Å². The van der Waals surface area contributed by atoms with Crippen LogP contribution in [0.4, 0.5) is 0 Å². The molecular formula is C19H14O. The molecule has 2 aromatic rings. The van der Waals surface area contributed by atoms with Crippen LogP contribution in [0.2, 0.25) is 0 Å². The third-order valence-corrected chi connectivity index (χ3v) is 3.28. The van der Waals surface area contributed by atoms with E-state index in [0.717, 1.165) is 16.7 Å². The summed E-state index contributed by atoms with van der Waals surface area (Å²) in [6.07, 6.45) is 7.39. The molecule has 96 valence electrons. The van der Waals surface area contributed by atoms with Gasteiger partial charge in [0.1, 0.15) is 0 Å². The number of carbonyl (C=O) groups excluding carboxylic acids is 1. The average Bonchev–Trinajstić information content (AvgIpc) is 2.90. The lowest BCUT2D eigenvalue weighted by atomic mass is 9.96. The van der Waals surface area contributed by atoms with Gasteiger partial charge in [0.2, 0.25) is 0 Å². The summed E-state index contributed by atoms with van der Waals surface area (Å²) < 4.78 is 0. The van der Waals surface area contributed by atoms with E-state index in [1.54, 1.807) is 6.08 Å². The zero-order chi connectivity index (χ0) is 13.8. The quantitative estimate of drug-likeness (QED) is 0.688. The minimum absolute atomic E-state index is 0.110. The molecule has 0 radical (unpaired) electrons. The van der Waals surface area contributed by atoms with E-state index in [2.05, 4.69) is 6.07 Å². The van der Waals surface area contributed by atoms with Gasteiger partial charge in [-0.2, -0.15) is 0 Å². The van der Waals surface area contributed by atoms with Gasteiger partial charge in [0.15, 0.2) is 5.78 Å². The number of benzene rings is 2. The molecule has 0 aromatic heterocycles. The molecule has 0 spiro atoms. The van der Waals surface area contributed by atoms with Crippen molar-refractivity contribution in [1.29, 1.82) is 0 Å². The average molecular weight is 258 g/mol. The van der Waals surface area contributed by atoms with Gasteiger partial charge in [0.25, 0.3) is 0 Å². The Balaban J connectivity index is 0.000000170. The molecule has 2 aliphatic rings. The van der Waals surface area contributed by atoms with Crippen LogP contribution in [0.1, 0.15) is 11.1 Å². The maximum absolute atomic E-state index is 11.5. The van der Waals surface area contributed by atoms with Crippen LogP contribution in [-0.4, -0.2) is 5.78 Å². The highest BCUT2D eigenvalue weighted by atomic mass is 16.1. The van der Waals surface area contributed by atoms with E-state index in [1.165, 1.54) is 5.56 Å². The van der Waals surface area contributed by atoms with Gasteiger partial charge >= 0.3 is 0 Å². The standard InChI is InChI=1S/C13H8O.C6H6/c14-13-7-3-6-11-10-5-2-1-4-9(10)8-12(11)13;1-2-4-6-5-3-1/h1-8H;1-6H. The topological polar surface area (TPSA) is 17.1 Å². The van der Waals surface area contributed by atoms with Crippen LogP contribution in [0, 0.1) is 0 Å². The Labute approximate surface area is 118 Å². The lowest BCUT2D eigenvalue weighted by Gasteiger charge is -2.06. The first-order valence-electron chi connectivity index (χ1n) is 6.60. The molecule has 1 heteroatoms. The van der Waals surface area contributed by atoms with Crippen molar-refractivity contribution in [2.45, 2.75) is 0 Å². The minimum Gasteiger partial charge on any atom is -0.289 e. The van der Waals surface area contributed by atoms with E-state index in [-0.39, 0.29) is 5.78 Å². The van der Waals surface area contributed by atoms with E-state index < -0.39 is 0 Å². The maximum Gasteiger partial charge on any atom is 0.186 e. The molecular weight excluding hydrogens is 244 g/mol. The molecule has 0 N–H and O–H groups in total. The van der Waals surface area contributed by atoms with E-state index in [9.17, 15) is 4.79 Å². The van der Waals surface area contributed by atoms with Gasteiger partial charge < -0.3 is 0 Å². The summed E-state index contributed by atoms with van der Waals surface area (Å²) in [5, 5.41) is 0. The van der Waals surface area contributed by atoms with Gasteiger partial charge in [0, 0.05) is 5.57 Å². The van der Waals surface area contributed by atoms with Crippen LogP contribution in [0.3, 0.4) is 0 Å². The van der Waals surface area contributed by atoms with E-state index >= 15 is 0 Å². The van der Waals surface area contributed by atoms with E-state index in [1.807, 2.05) is 72.8 Å². The summed E-state index contributed by atoms with van der Waals surface area (Å²) in [5.41, 5.74) is 4.20. The number of hydrogen-bond acceptors (Lipinski definition) is 1. The highest BCUT2D eigenvalue weighted by Crippen LogP contribution is 2.37. The van der Waals surface area contributed by atoms with Crippen molar-refractivity contribution in [3.63, 3.8) is 0 Å². The highest BCUT2D eigenvalue weighted by molar-refractivity contribution is 6.23. The first-order valence-corrected chi connectivity index (χ1v) is 6.60. The summed E-state index contributed by atoms with van der Waals surface area (Å²) >= 11 is 0.